The largest absolute Gasteiger partial charge is 0.455 e. The molecule has 3 heterocycles. The van der Waals surface area contributed by atoms with Gasteiger partial charge >= 0.3 is 0 Å². The minimum atomic E-state index is -0.379. The van der Waals surface area contributed by atoms with Crippen LogP contribution in [0.1, 0.15) is 40.9 Å². The zero-order chi connectivity index (χ0) is 23.2. The number of hydrogen-bond acceptors (Lipinski definition) is 7. The molecule has 0 saturated carbocycles. The molecule has 166 valence electrons. The lowest BCUT2D eigenvalue weighted by Crippen LogP contribution is -2.42. The minimum absolute atomic E-state index is 0.0679. The number of hydrogen-bond donors (Lipinski definition) is 2. The van der Waals surface area contributed by atoms with E-state index in [0.29, 0.717) is 16.7 Å². The molecule has 2 aromatic carbocycles. The molecule has 0 spiro atoms. The van der Waals surface area contributed by atoms with E-state index in [1.807, 2.05) is 6.07 Å². The molecule has 0 atom stereocenters. The lowest BCUT2D eigenvalue weighted by atomic mass is 9.85. The van der Waals surface area contributed by atoms with E-state index >= 15 is 0 Å². The van der Waals surface area contributed by atoms with Gasteiger partial charge < -0.3 is 15.4 Å². The van der Waals surface area contributed by atoms with Crippen LogP contribution in [0.3, 0.4) is 0 Å². The number of amides is 1. The van der Waals surface area contributed by atoms with E-state index in [-0.39, 0.29) is 35.2 Å². The van der Waals surface area contributed by atoms with Crippen molar-refractivity contribution in [2.24, 2.45) is 0 Å². The fourth-order valence-corrected chi connectivity index (χ4v) is 4.56. The van der Waals surface area contributed by atoms with Crippen LogP contribution in [-0.4, -0.2) is 29.2 Å². The predicted molar refractivity (Wildman–Crippen MR) is 125 cm³/mol. The molecule has 1 amide bonds. The topological polar surface area (TPSA) is 103 Å². The Morgan fingerprint density at radius 3 is 2.97 bits per heavy atom. The van der Waals surface area contributed by atoms with Crippen molar-refractivity contribution < 1.29 is 9.53 Å². The van der Waals surface area contributed by atoms with Crippen molar-refractivity contribution in [3.8, 4) is 11.9 Å². The van der Waals surface area contributed by atoms with Crippen molar-refractivity contribution in [3.05, 3.63) is 69.9 Å². The zero-order valence-corrected chi connectivity index (χ0v) is 18.9. The van der Waals surface area contributed by atoms with Crippen molar-refractivity contribution in [2.75, 3.05) is 23.5 Å². The number of nitriles is 1. The normalized spacial score (nSPS) is 16.3. The molecular formula is C24H21ClN6O2. The van der Waals surface area contributed by atoms with Crippen LogP contribution in [0.25, 0.3) is 0 Å². The van der Waals surface area contributed by atoms with E-state index in [1.54, 1.807) is 18.2 Å². The number of carbonyl (C=O) groups excluding carboxylic acids is 1. The Morgan fingerprint density at radius 2 is 2.15 bits per heavy atom. The van der Waals surface area contributed by atoms with Gasteiger partial charge in [0.25, 0.3) is 5.91 Å². The second-order valence-corrected chi connectivity index (χ2v) is 8.87. The van der Waals surface area contributed by atoms with Crippen LogP contribution in [0, 0.1) is 11.3 Å². The molecule has 2 aliphatic rings. The molecule has 8 nitrogen and oxygen atoms in total. The van der Waals surface area contributed by atoms with E-state index in [0.717, 1.165) is 18.7 Å². The highest BCUT2D eigenvalue weighted by molar-refractivity contribution is 6.34. The van der Waals surface area contributed by atoms with Gasteiger partial charge in [0.1, 0.15) is 11.6 Å². The van der Waals surface area contributed by atoms with Gasteiger partial charge in [-0.25, -0.2) is 4.98 Å². The number of para-hydroxylation sites is 1. The first kappa shape index (κ1) is 21.2. The molecular weight excluding hydrogens is 440 g/mol. The van der Waals surface area contributed by atoms with Crippen LogP contribution in [0.15, 0.2) is 42.6 Å². The Hall–Kier alpha value is -3.67. The number of fused-ring (bicyclic) bond motifs is 2. The van der Waals surface area contributed by atoms with Crippen LogP contribution < -0.4 is 20.3 Å². The summed E-state index contributed by atoms with van der Waals surface area (Å²) in [7, 11) is 0. The summed E-state index contributed by atoms with van der Waals surface area (Å²) in [4.78, 5) is 23.1. The summed E-state index contributed by atoms with van der Waals surface area (Å²) in [6, 6.07) is 13.2. The fourth-order valence-electron chi connectivity index (χ4n) is 4.28. The molecule has 0 saturated heterocycles. The Balaban J connectivity index is 1.40. The summed E-state index contributed by atoms with van der Waals surface area (Å²) in [6.07, 6.45) is 2.37. The van der Waals surface area contributed by atoms with Crippen LogP contribution in [0.2, 0.25) is 5.02 Å². The number of anilines is 3. The number of nitrogens with zero attached hydrogens (tertiary/aromatic N) is 4. The number of carbonyl (C=O) groups is 1. The Kier molecular flexibility index (Phi) is 5.16. The van der Waals surface area contributed by atoms with E-state index in [2.05, 4.69) is 52.7 Å². The number of aromatic nitrogens is 2. The van der Waals surface area contributed by atoms with E-state index < -0.39 is 0 Å². The molecule has 5 rings (SSSR count). The van der Waals surface area contributed by atoms with Crippen LogP contribution in [0.5, 0.6) is 5.88 Å². The maximum Gasteiger partial charge on any atom is 0.268 e. The van der Waals surface area contributed by atoms with E-state index in [1.165, 1.54) is 22.2 Å². The van der Waals surface area contributed by atoms with Crippen molar-refractivity contribution in [1.29, 1.82) is 5.26 Å². The summed E-state index contributed by atoms with van der Waals surface area (Å²) < 4.78 is 5.75. The van der Waals surface area contributed by atoms with Gasteiger partial charge in [-0.1, -0.05) is 23.7 Å². The van der Waals surface area contributed by atoms with Gasteiger partial charge in [-0.05, 0) is 62.2 Å². The van der Waals surface area contributed by atoms with Gasteiger partial charge in [0.2, 0.25) is 11.8 Å². The fraction of sp³-hybridized carbons (Fsp3) is 0.250. The standard InChI is InChI=1S/C24H21ClN6O2/c1-24(2)18-7-6-16(10-14(18)8-9-28-24)29-23-27-12-17-21(30-23)33-13-31(22(17)32)20-15(11-26)4-3-5-19(20)25/h3-7,10,12,28H,8-9,13H2,1-2H3,(H,27,29,30). The SMILES string of the molecule is CC1(C)NCCc2cc(Nc3ncc4c(n3)OCN(c3c(Cl)cccc3C#N)C4=O)ccc21. The quantitative estimate of drug-likeness (QED) is 0.605. The van der Waals surface area contributed by atoms with Crippen molar-refractivity contribution >= 4 is 34.8 Å². The smallest absolute Gasteiger partial charge is 0.268 e. The summed E-state index contributed by atoms with van der Waals surface area (Å²) in [6.45, 7) is 5.15. The Morgan fingerprint density at radius 1 is 1.30 bits per heavy atom. The van der Waals surface area contributed by atoms with Crippen molar-refractivity contribution in [3.63, 3.8) is 0 Å². The number of benzene rings is 2. The zero-order valence-electron chi connectivity index (χ0n) is 18.1. The highest BCUT2D eigenvalue weighted by Gasteiger charge is 2.32. The first-order chi connectivity index (χ1) is 15.9. The number of nitrogens with one attached hydrogen (secondary N) is 2. The molecule has 0 fully saturated rings. The lowest BCUT2D eigenvalue weighted by molar-refractivity contribution is 0.0932. The molecule has 0 radical (unpaired) electrons. The minimum Gasteiger partial charge on any atom is -0.455 e. The highest BCUT2D eigenvalue weighted by Crippen LogP contribution is 2.35. The maximum absolute atomic E-state index is 13.1. The molecule has 0 aliphatic carbocycles. The second kappa shape index (κ2) is 8.03. The van der Waals surface area contributed by atoms with Gasteiger partial charge in [-0.3, -0.25) is 9.69 Å². The Labute approximate surface area is 196 Å². The van der Waals surface area contributed by atoms with Gasteiger partial charge in [0, 0.05) is 17.4 Å². The maximum atomic E-state index is 13.1. The summed E-state index contributed by atoms with van der Waals surface area (Å²) in [5, 5.41) is 16.4. The van der Waals surface area contributed by atoms with Gasteiger partial charge in [-0.2, -0.15) is 10.2 Å². The molecule has 33 heavy (non-hydrogen) atoms. The van der Waals surface area contributed by atoms with Crippen LogP contribution in [0.4, 0.5) is 17.3 Å². The third kappa shape index (κ3) is 3.75. The molecule has 1 aromatic heterocycles. The molecule has 2 N–H and O–H groups in total. The first-order valence-corrected chi connectivity index (χ1v) is 10.9. The number of ether oxygens (including phenoxy) is 1. The summed E-state index contributed by atoms with van der Waals surface area (Å²) in [5.74, 6) is 0.136. The van der Waals surface area contributed by atoms with E-state index in [4.69, 9.17) is 16.3 Å². The average molecular weight is 461 g/mol. The predicted octanol–water partition coefficient (Wildman–Crippen LogP) is 4.12. The molecule has 0 unspecified atom stereocenters. The molecule has 0 bridgehead atoms. The molecule has 2 aliphatic heterocycles. The second-order valence-electron chi connectivity index (χ2n) is 8.47. The first-order valence-electron chi connectivity index (χ1n) is 10.5. The van der Waals surface area contributed by atoms with Crippen molar-refractivity contribution in [1.82, 2.24) is 15.3 Å². The monoisotopic (exact) mass is 460 g/mol. The molecule has 9 heteroatoms. The van der Waals surface area contributed by atoms with Crippen LogP contribution >= 0.6 is 11.6 Å². The average Bonchev–Trinajstić information content (AvgIpc) is 2.79. The van der Waals surface area contributed by atoms with Gasteiger partial charge in [0.05, 0.1) is 16.3 Å². The van der Waals surface area contributed by atoms with Crippen molar-refractivity contribution in [2.45, 2.75) is 25.8 Å². The molecule has 3 aromatic rings. The number of halogens is 1. The summed E-state index contributed by atoms with van der Waals surface area (Å²) >= 11 is 6.27. The Bertz CT molecular complexity index is 1320. The van der Waals surface area contributed by atoms with E-state index in [9.17, 15) is 10.1 Å². The van der Waals surface area contributed by atoms with Gasteiger partial charge in [-0.15, -0.1) is 0 Å². The van der Waals surface area contributed by atoms with Crippen LogP contribution in [-0.2, 0) is 12.0 Å². The third-order valence-electron chi connectivity index (χ3n) is 5.93. The highest BCUT2D eigenvalue weighted by atomic mass is 35.5. The van der Waals surface area contributed by atoms with Gasteiger partial charge in [0.15, 0.2) is 6.73 Å². The third-order valence-corrected chi connectivity index (χ3v) is 6.24. The summed E-state index contributed by atoms with van der Waals surface area (Å²) in [5.41, 5.74) is 4.15. The number of rotatable bonds is 3. The lowest BCUT2D eigenvalue weighted by Gasteiger charge is -2.34.